The number of carbonyl (C=O) groups is 11. The van der Waals surface area contributed by atoms with Gasteiger partial charge in [0.05, 0.1) is 0 Å². The zero-order valence-electron chi connectivity index (χ0n) is 53.7. The monoisotopic (exact) mass is 1250 g/mol. The van der Waals surface area contributed by atoms with E-state index in [4.69, 9.17) is 34.4 Å². The summed E-state index contributed by atoms with van der Waals surface area (Å²) < 4.78 is 0. The highest BCUT2D eigenvalue weighted by Gasteiger charge is 2.37. The maximum absolute atomic E-state index is 14.8. The number of nitrogens with one attached hydrogen (secondary N) is 10. The second-order valence-electron chi connectivity index (χ2n) is 24.6. The highest BCUT2D eigenvalue weighted by atomic mass is 16.2. The molecule has 27 heteroatoms. The molecule has 11 amide bonds. The Bertz CT molecular complexity index is 2370. The molecule has 0 radical (unpaired) electrons. The van der Waals surface area contributed by atoms with E-state index in [1.165, 1.54) is 0 Å². The Labute approximate surface area is 526 Å². The second-order valence-corrected chi connectivity index (χ2v) is 24.6. The van der Waals surface area contributed by atoms with Crippen molar-refractivity contribution >= 4 is 65.0 Å². The van der Waals surface area contributed by atoms with Crippen molar-refractivity contribution < 1.29 is 52.7 Å². The average molecular weight is 1260 g/mol. The minimum Gasteiger partial charge on any atom is -0.370 e. The van der Waals surface area contributed by atoms with E-state index in [0.717, 1.165) is 0 Å². The van der Waals surface area contributed by atoms with Gasteiger partial charge in [0.1, 0.15) is 60.4 Å². The number of rotatable bonds is 31. The van der Waals surface area contributed by atoms with Crippen molar-refractivity contribution in [1.29, 1.82) is 0 Å². The summed E-state index contributed by atoms with van der Waals surface area (Å²) in [4.78, 5) is 158. The fourth-order valence-electron chi connectivity index (χ4n) is 10.3. The first-order chi connectivity index (χ1) is 42.4. The Kier molecular flexibility index (Phi) is 38.5. The van der Waals surface area contributed by atoms with E-state index in [1.807, 2.05) is 13.8 Å². The van der Waals surface area contributed by atoms with Crippen molar-refractivity contribution in [1.82, 2.24) is 53.2 Å². The Hall–Kier alpha value is -6.81. The maximum Gasteiger partial charge on any atom is 0.243 e. The van der Waals surface area contributed by atoms with Crippen LogP contribution in [0.4, 0.5) is 0 Å². The average Bonchev–Trinajstić information content (AvgIpc) is 3.65. The highest BCUT2D eigenvalue weighted by molar-refractivity contribution is 5.99. The van der Waals surface area contributed by atoms with Gasteiger partial charge in [0.15, 0.2) is 0 Å². The largest absolute Gasteiger partial charge is 0.370 e. The van der Waals surface area contributed by atoms with Crippen LogP contribution in [0.1, 0.15) is 176 Å². The van der Waals surface area contributed by atoms with Gasteiger partial charge in [0.25, 0.3) is 0 Å². The lowest BCUT2D eigenvalue weighted by molar-refractivity contribution is -0.137. The lowest BCUT2D eigenvalue weighted by Gasteiger charge is -2.30. The van der Waals surface area contributed by atoms with Crippen LogP contribution >= 0.6 is 0 Å². The molecule has 22 N–H and O–H groups in total. The molecule has 1 fully saturated rings. The van der Waals surface area contributed by atoms with Crippen LogP contribution in [0.2, 0.25) is 0 Å². The first-order valence-corrected chi connectivity index (χ1v) is 32.2. The molecule has 89 heavy (non-hydrogen) atoms. The minimum atomic E-state index is -1.49. The number of nitrogens with two attached hydrogens (primary N) is 6. The summed E-state index contributed by atoms with van der Waals surface area (Å²) in [5.41, 5.74) is 35.5. The molecular weight excluding hydrogens is 1140 g/mol. The predicted octanol–water partition coefficient (Wildman–Crippen LogP) is -0.861. The molecule has 27 nitrogen and oxygen atoms in total. The van der Waals surface area contributed by atoms with Crippen molar-refractivity contribution in [2.24, 2.45) is 52.2 Å². The third-order valence-electron chi connectivity index (χ3n) is 15.1. The summed E-state index contributed by atoms with van der Waals surface area (Å²) in [7, 11) is 0. The molecule has 1 aliphatic heterocycles. The van der Waals surface area contributed by atoms with Gasteiger partial charge in [-0.25, -0.2) is 0 Å². The lowest BCUT2D eigenvalue weighted by atomic mass is 9.99. The van der Waals surface area contributed by atoms with Crippen molar-refractivity contribution in [3.8, 4) is 0 Å². The van der Waals surface area contributed by atoms with Gasteiger partial charge < -0.3 is 87.6 Å². The summed E-state index contributed by atoms with van der Waals surface area (Å²) >= 11 is 0. The fraction of sp³-hybridized carbons (Fsp3) is 0.726. The van der Waals surface area contributed by atoms with E-state index in [-0.39, 0.29) is 121 Å². The Balaban J connectivity index is 3.01. The van der Waals surface area contributed by atoms with Gasteiger partial charge in [-0.05, 0) is 178 Å². The molecule has 0 unspecified atom stereocenters. The van der Waals surface area contributed by atoms with Crippen molar-refractivity contribution in [3.63, 3.8) is 0 Å². The third kappa shape index (κ3) is 31.5. The maximum atomic E-state index is 14.8. The summed E-state index contributed by atoms with van der Waals surface area (Å²) in [6.07, 6.45) is 3.85. The Morgan fingerprint density at radius 2 is 0.539 bits per heavy atom. The molecule has 0 aliphatic carbocycles. The number of amides is 11. The predicted molar refractivity (Wildman–Crippen MR) is 341 cm³/mol. The summed E-state index contributed by atoms with van der Waals surface area (Å²) in [5, 5.41) is 27.9. The molecule has 1 aromatic carbocycles. The van der Waals surface area contributed by atoms with Crippen LogP contribution in [0.3, 0.4) is 0 Å². The molecule has 1 aliphatic rings. The van der Waals surface area contributed by atoms with Crippen LogP contribution in [0.25, 0.3) is 0 Å². The van der Waals surface area contributed by atoms with Crippen molar-refractivity contribution in [3.05, 3.63) is 35.9 Å². The molecule has 1 aromatic rings. The standard InChI is InChI=1S/C62H110N16O11/c1-38(2)34-48-59(86)72-43(23-11-16-30-64)54(81)69-42(22-10-15-29-63)53(80)70-46(26-14-19-33-67)57(84)76-50(36-40(5)6)61(88)78-51(37-41-20-8-7-9-21-41)62(89)73-44(24-12-17-31-65)55(82)71-45(25-13-18-32-66)56(83)75-49(35-39(3)4)60(87)74-47(58(85)77-48)27-28-52(68)79/h7-9,20-21,38-40,42-51H,10-19,22-37,63-67H2,1-6H3,(H2,68,79)(H,69,81)(H,70,80)(H,71,82)(H,72,86)(H,73,89)(H,74,87)(H,75,83)(H,76,84)(H,77,85)(H,78,88)/t42-,43-,44-,45-,46-,47-,48-,49-,50-,51-/m0/s1. The first kappa shape index (κ1) is 78.3. The highest BCUT2D eigenvalue weighted by Crippen LogP contribution is 2.16. The first-order valence-electron chi connectivity index (χ1n) is 32.2. The van der Waals surface area contributed by atoms with E-state index in [9.17, 15) is 52.7 Å². The van der Waals surface area contributed by atoms with Gasteiger partial charge in [0, 0.05) is 12.8 Å². The third-order valence-corrected chi connectivity index (χ3v) is 15.1. The number of benzene rings is 1. The van der Waals surface area contributed by atoms with Crippen molar-refractivity contribution in [2.75, 3.05) is 32.7 Å². The molecule has 1 saturated heterocycles. The van der Waals surface area contributed by atoms with Crippen LogP contribution in [-0.2, 0) is 59.2 Å². The van der Waals surface area contributed by atoms with Gasteiger partial charge in [-0.3, -0.25) is 52.7 Å². The molecule has 504 valence electrons. The smallest absolute Gasteiger partial charge is 0.243 e. The van der Waals surface area contributed by atoms with Crippen molar-refractivity contribution in [2.45, 2.75) is 237 Å². The molecule has 0 aromatic heterocycles. The molecule has 2 rings (SSSR count). The van der Waals surface area contributed by atoms with Gasteiger partial charge in [-0.1, -0.05) is 71.9 Å². The van der Waals surface area contributed by atoms with Crippen LogP contribution in [0, 0.1) is 17.8 Å². The fourth-order valence-corrected chi connectivity index (χ4v) is 10.3. The Morgan fingerprint density at radius 1 is 0.326 bits per heavy atom. The number of hydrogen-bond acceptors (Lipinski definition) is 16. The topological polar surface area (TPSA) is 464 Å². The van der Waals surface area contributed by atoms with Crippen LogP contribution in [0.5, 0.6) is 0 Å². The van der Waals surface area contributed by atoms with E-state index in [0.29, 0.717) is 69.8 Å². The molecule has 1 heterocycles. The summed E-state index contributed by atoms with van der Waals surface area (Å²) in [6.45, 7) is 12.2. The zero-order valence-corrected chi connectivity index (χ0v) is 53.7. The van der Waals surface area contributed by atoms with Gasteiger partial charge in [0.2, 0.25) is 65.0 Å². The molecule has 0 bridgehead atoms. The van der Waals surface area contributed by atoms with E-state index in [2.05, 4.69) is 53.2 Å². The SMILES string of the molecule is CC(C)C[C@@H]1NC(=O)[C@H](CCC(N)=O)NC(=O)[C@H](CC(C)C)NC(=O)[C@H](CCCCN)NC(=O)[C@H](CCCCN)NC(=O)[C@H](Cc2ccccc2)NC(=O)[C@H](CC(C)C)NC(=O)[C@H](CCCCN)NC(=O)[C@H](CCCCN)NC(=O)[C@H](CCCCN)NC1=O. The molecular formula is C62H110N16O11. The zero-order chi connectivity index (χ0) is 66.4. The second kappa shape index (κ2) is 43.8. The number of carbonyl (C=O) groups excluding carboxylic acids is 11. The molecule has 10 atom stereocenters. The van der Waals surface area contributed by atoms with Gasteiger partial charge in [-0.15, -0.1) is 0 Å². The van der Waals surface area contributed by atoms with Crippen LogP contribution < -0.4 is 87.6 Å². The number of hydrogen-bond donors (Lipinski definition) is 16. The Morgan fingerprint density at radius 3 is 0.775 bits per heavy atom. The molecule has 0 saturated carbocycles. The minimum absolute atomic E-state index is 0.0378. The van der Waals surface area contributed by atoms with E-state index >= 15 is 0 Å². The van der Waals surface area contributed by atoms with E-state index < -0.39 is 125 Å². The summed E-state index contributed by atoms with van der Waals surface area (Å²) in [5.74, 6) is -9.17. The lowest BCUT2D eigenvalue weighted by Crippen LogP contribution is -2.61. The number of primary amides is 1. The van der Waals surface area contributed by atoms with Gasteiger partial charge >= 0.3 is 0 Å². The van der Waals surface area contributed by atoms with Gasteiger partial charge in [-0.2, -0.15) is 0 Å². The quantitative estimate of drug-likeness (QED) is 0.0402. The molecule has 0 spiro atoms. The number of unbranched alkanes of at least 4 members (excludes halogenated alkanes) is 5. The van der Waals surface area contributed by atoms with Crippen LogP contribution in [0.15, 0.2) is 30.3 Å². The normalized spacial score (nSPS) is 23.9. The van der Waals surface area contributed by atoms with Crippen LogP contribution in [-0.4, -0.2) is 158 Å². The van der Waals surface area contributed by atoms with E-state index in [1.54, 1.807) is 58.0 Å². The summed E-state index contributed by atoms with van der Waals surface area (Å²) in [6, 6.07) is -4.30.